The minimum Gasteiger partial charge on any atom is -0.265 e. The molecule has 0 saturated heterocycles. The number of hydrogen-bond acceptors (Lipinski definition) is 4. The van der Waals surface area contributed by atoms with Crippen LogP contribution in [0.15, 0.2) is 170 Å². The smallest absolute Gasteiger partial charge is 0.160 e. The van der Waals surface area contributed by atoms with Gasteiger partial charge in [-0.2, -0.15) is 0 Å². The lowest BCUT2D eigenvalue weighted by Gasteiger charge is -2.14. The van der Waals surface area contributed by atoms with Crippen LogP contribution in [0.2, 0.25) is 0 Å². The van der Waals surface area contributed by atoms with Crippen LogP contribution < -0.4 is 0 Å². The van der Waals surface area contributed by atoms with Gasteiger partial charge in [-0.25, -0.2) is 9.97 Å². The van der Waals surface area contributed by atoms with Crippen LogP contribution in [0.5, 0.6) is 0 Å². The molecule has 3 heterocycles. The van der Waals surface area contributed by atoms with Gasteiger partial charge < -0.3 is 0 Å². The standard InChI is InChI=1S/C42H28N4/c1-3-9-29(10-4-1)30-16-18-32(19-17-30)39-28-40(46-42(45-39)34-11-5-2-6-12-34)37-26-35(31-20-23-43-24-21-31)25-36(27-37)38-15-7-13-33-14-8-22-44-41(33)38/h1-28H. The SMILES string of the molecule is c1ccc(-c2ccc(-c3cc(-c4cc(-c5ccncc5)cc(-c5cccc6cccnc56)c4)nc(-c4ccccc4)n3)cc2)cc1. The van der Waals surface area contributed by atoms with E-state index in [0.717, 1.165) is 61.2 Å². The average Bonchev–Trinajstić information content (AvgIpc) is 3.15. The summed E-state index contributed by atoms with van der Waals surface area (Å²) in [7, 11) is 0. The highest BCUT2D eigenvalue weighted by Crippen LogP contribution is 2.36. The van der Waals surface area contributed by atoms with Crippen LogP contribution in [0.1, 0.15) is 0 Å². The zero-order valence-electron chi connectivity index (χ0n) is 25.0. The summed E-state index contributed by atoms with van der Waals surface area (Å²) in [6.07, 6.45) is 5.51. The minimum atomic E-state index is 0.683. The lowest BCUT2D eigenvalue weighted by molar-refractivity contribution is 1.18. The van der Waals surface area contributed by atoms with Crippen molar-refractivity contribution < 1.29 is 0 Å². The lowest BCUT2D eigenvalue weighted by Crippen LogP contribution is -1.97. The first-order valence-electron chi connectivity index (χ1n) is 15.3. The molecule has 46 heavy (non-hydrogen) atoms. The van der Waals surface area contributed by atoms with Crippen molar-refractivity contribution in [1.29, 1.82) is 0 Å². The maximum absolute atomic E-state index is 5.16. The summed E-state index contributed by atoms with van der Waals surface area (Å²) in [6.45, 7) is 0. The quantitative estimate of drug-likeness (QED) is 0.194. The van der Waals surface area contributed by atoms with Crippen molar-refractivity contribution in [3.63, 3.8) is 0 Å². The molecule has 0 unspecified atom stereocenters. The molecule has 0 aliphatic heterocycles. The van der Waals surface area contributed by atoms with E-state index in [0.29, 0.717) is 5.82 Å². The van der Waals surface area contributed by atoms with E-state index in [1.807, 2.05) is 61.1 Å². The summed E-state index contributed by atoms with van der Waals surface area (Å²) in [6, 6.07) is 52.4. The monoisotopic (exact) mass is 588 g/mol. The molecule has 4 nitrogen and oxygen atoms in total. The minimum absolute atomic E-state index is 0.683. The van der Waals surface area contributed by atoms with E-state index in [9.17, 15) is 0 Å². The third-order valence-electron chi connectivity index (χ3n) is 8.23. The number of hydrogen-bond donors (Lipinski definition) is 0. The van der Waals surface area contributed by atoms with Crippen molar-refractivity contribution in [2.75, 3.05) is 0 Å². The molecule has 0 aliphatic carbocycles. The Bertz CT molecular complexity index is 2280. The van der Waals surface area contributed by atoms with Crippen LogP contribution in [0.25, 0.3) is 78.2 Å². The fourth-order valence-electron chi connectivity index (χ4n) is 5.90. The summed E-state index contributed by atoms with van der Waals surface area (Å²) in [5.74, 6) is 0.683. The van der Waals surface area contributed by atoms with Crippen molar-refractivity contribution in [3.8, 4) is 67.3 Å². The van der Waals surface area contributed by atoms with Gasteiger partial charge in [0, 0.05) is 46.2 Å². The van der Waals surface area contributed by atoms with E-state index in [-0.39, 0.29) is 0 Å². The highest BCUT2D eigenvalue weighted by molar-refractivity contribution is 5.95. The number of benzene rings is 5. The van der Waals surface area contributed by atoms with Crippen molar-refractivity contribution in [3.05, 3.63) is 170 Å². The molecule has 0 radical (unpaired) electrons. The Balaban J connectivity index is 1.32. The molecule has 0 N–H and O–H groups in total. The van der Waals surface area contributed by atoms with Crippen molar-refractivity contribution in [1.82, 2.24) is 19.9 Å². The predicted octanol–water partition coefficient (Wildman–Crippen LogP) is 10.4. The zero-order chi connectivity index (χ0) is 30.7. The Morgan fingerprint density at radius 2 is 0.935 bits per heavy atom. The molecule has 8 aromatic rings. The third kappa shape index (κ3) is 5.44. The molecule has 0 spiro atoms. The van der Waals surface area contributed by atoms with E-state index < -0.39 is 0 Å². The number of aromatic nitrogens is 4. The van der Waals surface area contributed by atoms with Crippen LogP contribution >= 0.6 is 0 Å². The maximum atomic E-state index is 5.16. The highest BCUT2D eigenvalue weighted by atomic mass is 14.9. The normalized spacial score (nSPS) is 11.0. The second-order valence-corrected chi connectivity index (χ2v) is 11.2. The van der Waals surface area contributed by atoms with Crippen LogP contribution in [0, 0.1) is 0 Å². The van der Waals surface area contributed by atoms with Gasteiger partial charge in [0.2, 0.25) is 0 Å². The summed E-state index contributed by atoms with van der Waals surface area (Å²) < 4.78 is 0. The Morgan fingerprint density at radius 3 is 1.70 bits per heavy atom. The molecule has 8 rings (SSSR count). The van der Waals surface area contributed by atoms with Gasteiger partial charge in [-0.15, -0.1) is 0 Å². The van der Waals surface area contributed by atoms with Crippen LogP contribution in [0.4, 0.5) is 0 Å². The molecule has 0 saturated carbocycles. The molecule has 216 valence electrons. The molecule has 4 heteroatoms. The third-order valence-corrected chi connectivity index (χ3v) is 8.23. The van der Waals surface area contributed by atoms with Gasteiger partial charge in [-0.1, -0.05) is 109 Å². The van der Waals surface area contributed by atoms with Gasteiger partial charge in [0.05, 0.1) is 16.9 Å². The first-order valence-corrected chi connectivity index (χ1v) is 15.3. The molecule has 0 aliphatic rings. The average molecular weight is 589 g/mol. The molecule has 5 aromatic carbocycles. The fourth-order valence-corrected chi connectivity index (χ4v) is 5.90. The second-order valence-electron chi connectivity index (χ2n) is 11.2. The fraction of sp³-hybridized carbons (Fsp3) is 0. The summed E-state index contributed by atoms with van der Waals surface area (Å²) >= 11 is 0. The first-order chi connectivity index (χ1) is 22.8. The van der Waals surface area contributed by atoms with Gasteiger partial charge in [-0.3, -0.25) is 9.97 Å². The summed E-state index contributed by atoms with van der Waals surface area (Å²) in [5, 5.41) is 1.10. The van der Waals surface area contributed by atoms with E-state index in [2.05, 4.69) is 114 Å². The number of para-hydroxylation sites is 1. The largest absolute Gasteiger partial charge is 0.265 e. The van der Waals surface area contributed by atoms with E-state index in [1.54, 1.807) is 0 Å². The van der Waals surface area contributed by atoms with Gasteiger partial charge in [0.1, 0.15) is 0 Å². The Hall–Kier alpha value is -6.26. The maximum Gasteiger partial charge on any atom is 0.160 e. The van der Waals surface area contributed by atoms with Crippen molar-refractivity contribution >= 4 is 10.9 Å². The van der Waals surface area contributed by atoms with Gasteiger partial charge in [0.15, 0.2) is 5.82 Å². The van der Waals surface area contributed by atoms with Gasteiger partial charge in [0.25, 0.3) is 0 Å². The Labute approximate surface area is 267 Å². The Morgan fingerprint density at radius 1 is 0.348 bits per heavy atom. The van der Waals surface area contributed by atoms with Gasteiger partial charge in [-0.05, 0) is 70.3 Å². The lowest BCUT2D eigenvalue weighted by atomic mass is 9.93. The number of nitrogens with zero attached hydrogens (tertiary/aromatic N) is 4. The van der Waals surface area contributed by atoms with Crippen LogP contribution in [0.3, 0.4) is 0 Å². The van der Waals surface area contributed by atoms with Crippen LogP contribution in [-0.2, 0) is 0 Å². The predicted molar refractivity (Wildman–Crippen MR) is 188 cm³/mol. The Kier molecular flexibility index (Phi) is 7.14. The molecule has 0 atom stereocenters. The van der Waals surface area contributed by atoms with Crippen molar-refractivity contribution in [2.45, 2.75) is 0 Å². The van der Waals surface area contributed by atoms with E-state index >= 15 is 0 Å². The van der Waals surface area contributed by atoms with Crippen molar-refractivity contribution in [2.24, 2.45) is 0 Å². The molecule has 3 aromatic heterocycles. The molecular weight excluding hydrogens is 560 g/mol. The molecule has 0 amide bonds. The molecule has 0 bridgehead atoms. The highest BCUT2D eigenvalue weighted by Gasteiger charge is 2.15. The summed E-state index contributed by atoms with van der Waals surface area (Å²) in [5.41, 5.74) is 12.3. The topological polar surface area (TPSA) is 51.6 Å². The first kappa shape index (κ1) is 27.3. The van der Waals surface area contributed by atoms with E-state index in [1.165, 1.54) is 11.1 Å². The van der Waals surface area contributed by atoms with Gasteiger partial charge >= 0.3 is 0 Å². The molecular formula is C42H28N4. The molecule has 0 fully saturated rings. The zero-order valence-corrected chi connectivity index (χ0v) is 25.0. The van der Waals surface area contributed by atoms with E-state index in [4.69, 9.17) is 15.0 Å². The number of fused-ring (bicyclic) bond motifs is 1. The van der Waals surface area contributed by atoms with Crippen LogP contribution in [-0.4, -0.2) is 19.9 Å². The number of pyridine rings is 2. The summed E-state index contributed by atoms with van der Waals surface area (Å²) in [4.78, 5) is 19.3. The number of rotatable bonds is 6. The second kappa shape index (κ2) is 12.0.